The van der Waals surface area contributed by atoms with Crippen LogP contribution >= 0.6 is 11.8 Å². The van der Waals surface area contributed by atoms with Gasteiger partial charge in [-0.1, -0.05) is 6.07 Å². The SMILES string of the molecule is COc1c(SC)cccc1C(=O)C(=O)O. The van der Waals surface area contributed by atoms with E-state index >= 15 is 0 Å². The molecule has 0 bridgehead atoms. The number of ketones is 1. The van der Waals surface area contributed by atoms with Crippen molar-refractivity contribution in [2.45, 2.75) is 4.90 Å². The predicted octanol–water partition coefficient (Wildman–Crippen LogP) is 1.68. The fourth-order valence-corrected chi connectivity index (χ4v) is 1.77. The average molecular weight is 226 g/mol. The van der Waals surface area contributed by atoms with Gasteiger partial charge in [-0.25, -0.2) is 4.79 Å². The molecule has 0 aliphatic carbocycles. The lowest BCUT2D eigenvalue weighted by Crippen LogP contribution is -2.14. The molecule has 0 aromatic heterocycles. The summed E-state index contributed by atoms with van der Waals surface area (Å²) in [7, 11) is 1.41. The molecule has 0 atom stereocenters. The minimum atomic E-state index is -1.48. The number of benzene rings is 1. The molecule has 0 spiro atoms. The Bertz CT molecular complexity index is 400. The fraction of sp³-hybridized carbons (Fsp3) is 0.200. The molecule has 80 valence electrons. The van der Waals surface area contributed by atoms with Crippen molar-refractivity contribution in [2.75, 3.05) is 13.4 Å². The highest BCUT2D eigenvalue weighted by atomic mass is 32.2. The number of thioether (sulfide) groups is 1. The number of carboxylic acids is 1. The number of para-hydroxylation sites is 1. The van der Waals surface area contributed by atoms with Crippen LogP contribution in [0.3, 0.4) is 0 Å². The number of hydrogen-bond acceptors (Lipinski definition) is 4. The summed E-state index contributed by atoms with van der Waals surface area (Å²) in [6.07, 6.45) is 1.83. The number of hydrogen-bond donors (Lipinski definition) is 1. The number of carboxylic acid groups (broad SMARTS) is 1. The molecule has 0 amide bonds. The number of Topliss-reactive ketones (excluding diaryl/α,β-unsaturated/α-hetero) is 1. The van der Waals surface area contributed by atoms with E-state index in [9.17, 15) is 9.59 Å². The summed E-state index contributed by atoms with van der Waals surface area (Å²) in [6.45, 7) is 0. The smallest absolute Gasteiger partial charge is 0.377 e. The first-order chi connectivity index (χ1) is 7.11. The summed E-state index contributed by atoms with van der Waals surface area (Å²) in [5.74, 6) is -2.12. The molecule has 1 aromatic rings. The Kier molecular flexibility index (Phi) is 3.74. The van der Waals surface area contributed by atoms with Gasteiger partial charge in [0.2, 0.25) is 0 Å². The summed E-state index contributed by atoms with van der Waals surface area (Å²) in [5.41, 5.74) is 0.0804. The summed E-state index contributed by atoms with van der Waals surface area (Å²) in [5, 5.41) is 8.61. The molecule has 0 unspecified atom stereocenters. The molecule has 0 aliphatic heterocycles. The standard InChI is InChI=1S/C10H10O4S/c1-14-9-6(8(11)10(12)13)4-3-5-7(9)15-2/h3-5H,1-2H3,(H,12,13). The van der Waals surface area contributed by atoms with E-state index < -0.39 is 11.8 Å². The highest BCUT2D eigenvalue weighted by Crippen LogP contribution is 2.31. The molecule has 0 saturated carbocycles. The van der Waals surface area contributed by atoms with Crippen molar-refractivity contribution in [1.29, 1.82) is 0 Å². The van der Waals surface area contributed by atoms with Crippen molar-refractivity contribution >= 4 is 23.5 Å². The zero-order valence-corrected chi connectivity index (χ0v) is 9.13. The van der Waals surface area contributed by atoms with Crippen LogP contribution in [0.25, 0.3) is 0 Å². The van der Waals surface area contributed by atoms with Crippen LogP contribution in [0.15, 0.2) is 23.1 Å². The maximum Gasteiger partial charge on any atom is 0.377 e. The van der Waals surface area contributed by atoms with Crippen LogP contribution < -0.4 is 4.74 Å². The number of aliphatic carboxylic acids is 1. The highest BCUT2D eigenvalue weighted by molar-refractivity contribution is 7.98. The summed E-state index contributed by atoms with van der Waals surface area (Å²) in [6, 6.07) is 4.83. The van der Waals surface area contributed by atoms with E-state index in [0.717, 1.165) is 4.90 Å². The molecular weight excluding hydrogens is 216 g/mol. The molecule has 1 N–H and O–H groups in total. The van der Waals surface area contributed by atoms with E-state index in [1.54, 1.807) is 12.1 Å². The van der Waals surface area contributed by atoms with Gasteiger partial charge in [0.1, 0.15) is 5.75 Å². The van der Waals surface area contributed by atoms with E-state index in [0.29, 0.717) is 5.75 Å². The monoisotopic (exact) mass is 226 g/mol. The van der Waals surface area contributed by atoms with Crippen LogP contribution in [0, 0.1) is 0 Å². The number of carbonyl (C=O) groups excluding carboxylic acids is 1. The number of ether oxygens (including phenoxy) is 1. The third-order valence-electron chi connectivity index (χ3n) is 1.84. The van der Waals surface area contributed by atoms with Crippen molar-refractivity contribution in [3.63, 3.8) is 0 Å². The minimum Gasteiger partial charge on any atom is -0.495 e. The molecule has 5 heteroatoms. The first kappa shape index (κ1) is 11.6. The Morgan fingerprint density at radius 1 is 1.40 bits per heavy atom. The van der Waals surface area contributed by atoms with E-state index in [1.165, 1.54) is 24.9 Å². The highest BCUT2D eigenvalue weighted by Gasteiger charge is 2.20. The summed E-state index contributed by atoms with van der Waals surface area (Å²) in [4.78, 5) is 22.6. The lowest BCUT2D eigenvalue weighted by Gasteiger charge is -2.09. The van der Waals surface area contributed by atoms with Crippen molar-refractivity contribution in [1.82, 2.24) is 0 Å². The molecule has 0 heterocycles. The lowest BCUT2D eigenvalue weighted by molar-refractivity contribution is -0.131. The first-order valence-corrected chi connectivity index (χ1v) is 5.33. The normalized spacial score (nSPS) is 9.73. The second kappa shape index (κ2) is 4.84. The van der Waals surface area contributed by atoms with Gasteiger partial charge < -0.3 is 9.84 Å². The van der Waals surface area contributed by atoms with Crippen molar-refractivity contribution in [3.8, 4) is 5.75 Å². The molecule has 0 aliphatic rings. The third kappa shape index (κ3) is 2.30. The summed E-state index contributed by atoms with van der Waals surface area (Å²) >= 11 is 1.39. The van der Waals surface area contributed by atoms with E-state index in [2.05, 4.69) is 0 Å². The molecule has 15 heavy (non-hydrogen) atoms. The van der Waals surface area contributed by atoms with Gasteiger partial charge in [0.25, 0.3) is 5.78 Å². The average Bonchev–Trinajstić information content (AvgIpc) is 2.26. The van der Waals surface area contributed by atoms with Crippen molar-refractivity contribution < 1.29 is 19.4 Å². The Morgan fingerprint density at radius 3 is 2.53 bits per heavy atom. The number of carbonyl (C=O) groups is 2. The van der Waals surface area contributed by atoms with Crippen LogP contribution in [0.5, 0.6) is 5.75 Å². The van der Waals surface area contributed by atoms with Gasteiger partial charge in [0, 0.05) is 4.90 Å². The van der Waals surface area contributed by atoms with Crippen molar-refractivity contribution in [3.05, 3.63) is 23.8 Å². The molecule has 0 saturated heterocycles. The predicted molar refractivity (Wildman–Crippen MR) is 56.7 cm³/mol. The maximum atomic E-state index is 11.3. The third-order valence-corrected chi connectivity index (χ3v) is 2.60. The second-order valence-corrected chi connectivity index (χ2v) is 3.52. The zero-order valence-electron chi connectivity index (χ0n) is 8.31. The molecule has 0 fully saturated rings. The maximum absolute atomic E-state index is 11.3. The minimum absolute atomic E-state index is 0.0804. The van der Waals surface area contributed by atoms with E-state index in [4.69, 9.17) is 9.84 Å². The van der Waals surface area contributed by atoms with Gasteiger partial charge in [-0.05, 0) is 18.4 Å². The Hall–Kier alpha value is -1.49. The van der Waals surface area contributed by atoms with Crippen LogP contribution in [0.2, 0.25) is 0 Å². The number of rotatable bonds is 4. The van der Waals surface area contributed by atoms with Crippen LogP contribution in [-0.2, 0) is 4.79 Å². The van der Waals surface area contributed by atoms with Crippen LogP contribution in [-0.4, -0.2) is 30.2 Å². The second-order valence-electron chi connectivity index (χ2n) is 2.68. The van der Waals surface area contributed by atoms with Crippen molar-refractivity contribution in [2.24, 2.45) is 0 Å². The molecule has 1 rings (SSSR count). The largest absolute Gasteiger partial charge is 0.495 e. The van der Waals surface area contributed by atoms with Gasteiger partial charge in [-0.3, -0.25) is 4.79 Å². The van der Waals surface area contributed by atoms with Gasteiger partial charge in [-0.15, -0.1) is 11.8 Å². The fourth-order valence-electron chi connectivity index (χ4n) is 1.18. The first-order valence-electron chi connectivity index (χ1n) is 4.10. The Morgan fingerprint density at radius 2 is 2.07 bits per heavy atom. The Balaban J connectivity index is 3.29. The zero-order chi connectivity index (χ0) is 11.4. The van der Waals surface area contributed by atoms with Gasteiger partial charge in [0.05, 0.1) is 12.7 Å². The van der Waals surface area contributed by atoms with Gasteiger partial charge in [0.15, 0.2) is 0 Å². The Labute approximate surface area is 91.2 Å². The quantitative estimate of drug-likeness (QED) is 0.481. The van der Waals surface area contributed by atoms with Crippen LogP contribution in [0.4, 0.5) is 0 Å². The molecular formula is C10H10O4S. The molecule has 1 aromatic carbocycles. The van der Waals surface area contributed by atoms with Gasteiger partial charge in [-0.2, -0.15) is 0 Å². The number of methoxy groups -OCH3 is 1. The summed E-state index contributed by atoms with van der Waals surface area (Å²) < 4.78 is 5.03. The molecule has 4 nitrogen and oxygen atoms in total. The van der Waals surface area contributed by atoms with E-state index in [-0.39, 0.29) is 5.56 Å². The van der Waals surface area contributed by atoms with Gasteiger partial charge >= 0.3 is 5.97 Å². The lowest BCUT2D eigenvalue weighted by atomic mass is 10.1. The topological polar surface area (TPSA) is 63.6 Å². The van der Waals surface area contributed by atoms with E-state index in [1.807, 2.05) is 6.26 Å². The molecule has 0 radical (unpaired) electrons. The van der Waals surface area contributed by atoms with Crippen LogP contribution in [0.1, 0.15) is 10.4 Å².